The lowest BCUT2D eigenvalue weighted by Gasteiger charge is -2.18. The summed E-state index contributed by atoms with van der Waals surface area (Å²) in [5.74, 6) is 1.14. The van der Waals surface area contributed by atoms with E-state index in [1.165, 1.54) is 5.57 Å². The second kappa shape index (κ2) is 5.59. The Morgan fingerprint density at radius 1 is 1.25 bits per heavy atom. The number of rotatable bonds is 3. The van der Waals surface area contributed by atoms with Crippen LogP contribution in [0.25, 0.3) is 17.5 Å². The quantitative estimate of drug-likeness (QED) is 0.925. The van der Waals surface area contributed by atoms with Crippen molar-refractivity contribution in [1.29, 1.82) is 0 Å². The molecule has 0 unspecified atom stereocenters. The molecule has 2 aromatic rings. The van der Waals surface area contributed by atoms with Gasteiger partial charge in [-0.25, -0.2) is 0 Å². The minimum atomic E-state index is 0.0947. The van der Waals surface area contributed by atoms with Crippen LogP contribution in [0.4, 0.5) is 0 Å². The molecule has 0 saturated heterocycles. The first kappa shape index (κ1) is 14.5. The van der Waals surface area contributed by atoms with Crippen molar-refractivity contribution in [2.75, 3.05) is 0 Å². The van der Waals surface area contributed by atoms with E-state index < -0.39 is 0 Å². The lowest BCUT2D eigenvalue weighted by atomic mass is 9.87. The molecule has 4 heteroatoms. The van der Waals surface area contributed by atoms with Crippen LogP contribution in [0.1, 0.15) is 39.1 Å². The van der Waals surface area contributed by atoms with Crippen LogP contribution >= 0.6 is 0 Å². The molecule has 0 bridgehead atoms. The third-order valence-corrected chi connectivity index (χ3v) is 3.41. The fraction of sp³-hybridized carbons (Fsp3) is 0.375. The van der Waals surface area contributed by atoms with Crippen LogP contribution in [0.5, 0.6) is 0 Å². The van der Waals surface area contributed by atoms with Gasteiger partial charge >= 0.3 is 0 Å². The Hall–Kier alpha value is -1.94. The van der Waals surface area contributed by atoms with Gasteiger partial charge in [0.25, 0.3) is 5.89 Å². The van der Waals surface area contributed by atoms with Gasteiger partial charge in [-0.15, -0.1) is 0 Å². The molecule has 2 rings (SSSR count). The lowest BCUT2D eigenvalue weighted by Crippen LogP contribution is -2.05. The zero-order chi connectivity index (χ0) is 14.8. The molecule has 1 aromatic carbocycles. The molecule has 0 aliphatic heterocycles. The smallest absolute Gasteiger partial charge is 0.250 e. The Morgan fingerprint density at radius 2 is 1.90 bits per heavy atom. The Morgan fingerprint density at radius 3 is 2.45 bits per heavy atom. The van der Waals surface area contributed by atoms with Gasteiger partial charge in [0.15, 0.2) is 0 Å². The molecule has 106 valence electrons. The largest absolute Gasteiger partial charge is 0.334 e. The summed E-state index contributed by atoms with van der Waals surface area (Å²) in [6, 6.07) is 7.86. The van der Waals surface area contributed by atoms with E-state index in [1.54, 1.807) is 0 Å². The maximum atomic E-state index is 5.58. The number of nitrogens with two attached hydrogens (primary N) is 1. The standard InChI is InChI=1S/C16H21N3O/c1-11(16(2,3)4)9-14-18-15(19-20-14)13-7-5-12(10-17)6-8-13/h5-9H,10,17H2,1-4H3/b11-9-. The summed E-state index contributed by atoms with van der Waals surface area (Å²) in [6.07, 6.45) is 1.94. The van der Waals surface area contributed by atoms with Crippen molar-refractivity contribution in [3.8, 4) is 11.4 Å². The summed E-state index contributed by atoms with van der Waals surface area (Å²) in [7, 11) is 0. The molecule has 0 radical (unpaired) electrons. The van der Waals surface area contributed by atoms with Crippen LogP contribution < -0.4 is 5.73 Å². The summed E-state index contributed by atoms with van der Waals surface area (Å²) in [4.78, 5) is 4.40. The number of aromatic nitrogens is 2. The summed E-state index contributed by atoms with van der Waals surface area (Å²) < 4.78 is 5.28. The molecule has 1 aromatic heterocycles. The first-order chi connectivity index (χ1) is 9.40. The molecule has 0 atom stereocenters. The molecular weight excluding hydrogens is 250 g/mol. The van der Waals surface area contributed by atoms with E-state index in [0.717, 1.165) is 11.1 Å². The summed E-state index contributed by atoms with van der Waals surface area (Å²) in [6.45, 7) is 9.07. The van der Waals surface area contributed by atoms with Gasteiger partial charge in [0, 0.05) is 18.2 Å². The van der Waals surface area contributed by atoms with Crippen molar-refractivity contribution < 1.29 is 4.52 Å². The zero-order valence-corrected chi connectivity index (χ0v) is 12.5. The van der Waals surface area contributed by atoms with Crippen molar-refractivity contribution in [3.05, 3.63) is 41.3 Å². The second-order valence-corrected chi connectivity index (χ2v) is 5.93. The number of hydrogen-bond acceptors (Lipinski definition) is 4. The van der Waals surface area contributed by atoms with E-state index in [9.17, 15) is 0 Å². The van der Waals surface area contributed by atoms with Crippen LogP contribution in [-0.4, -0.2) is 10.1 Å². The fourth-order valence-corrected chi connectivity index (χ4v) is 1.60. The Kier molecular flexibility index (Phi) is 4.04. The maximum absolute atomic E-state index is 5.58. The van der Waals surface area contributed by atoms with Gasteiger partial charge in [-0.1, -0.05) is 55.8 Å². The molecule has 20 heavy (non-hydrogen) atoms. The average Bonchev–Trinajstić information content (AvgIpc) is 2.86. The number of hydrogen-bond donors (Lipinski definition) is 1. The third-order valence-electron chi connectivity index (χ3n) is 3.41. The molecule has 0 saturated carbocycles. The van der Waals surface area contributed by atoms with Gasteiger partial charge in [-0.3, -0.25) is 0 Å². The van der Waals surface area contributed by atoms with E-state index >= 15 is 0 Å². The van der Waals surface area contributed by atoms with Crippen LogP contribution in [0.2, 0.25) is 0 Å². The molecular formula is C16H21N3O. The molecule has 0 amide bonds. The van der Waals surface area contributed by atoms with E-state index in [0.29, 0.717) is 18.3 Å². The molecule has 1 heterocycles. The third kappa shape index (κ3) is 3.33. The van der Waals surface area contributed by atoms with Crippen molar-refractivity contribution in [2.24, 2.45) is 11.1 Å². The van der Waals surface area contributed by atoms with Gasteiger partial charge in [0.1, 0.15) is 0 Å². The highest BCUT2D eigenvalue weighted by Gasteiger charge is 2.14. The van der Waals surface area contributed by atoms with Crippen LogP contribution in [0, 0.1) is 5.41 Å². The molecule has 0 spiro atoms. The summed E-state index contributed by atoms with van der Waals surface area (Å²) >= 11 is 0. The van der Waals surface area contributed by atoms with Crippen LogP contribution in [-0.2, 0) is 6.54 Å². The fourth-order valence-electron chi connectivity index (χ4n) is 1.60. The topological polar surface area (TPSA) is 64.9 Å². The molecule has 0 fully saturated rings. The van der Waals surface area contributed by atoms with Crippen molar-refractivity contribution in [2.45, 2.75) is 34.2 Å². The Balaban J connectivity index is 2.24. The predicted octanol–water partition coefficient (Wildman–Crippen LogP) is 3.64. The van der Waals surface area contributed by atoms with E-state index in [2.05, 4.69) is 37.8 Å². The van der Waals surface area contributed by atoms with Gasteiger partial charge in [-0.2, -0.15) is 4.98 Å². The maximum Gasteiger partial charge on any atom is 0.250 e. The minimum Gasteiger partial charge on any atom is -0.334 e. The Bertz CT molecular complexity index is 603. The average molecular weight is 271 g/mol. The highest BCUT2D eigenvalue weighted by atomic mass is 16.5. The number of benzene rings is 1. The summed E-state index contributed by atoms with van der Waals surface area (Å²) in [5, 5.41) is 4.02. The SMILES string of the molecule is C/C(=C/c1nc(-c2ccc(CN)cc2)no1)C(C)(C)C. The van der Waals surface area contributed by atoms with Crippen LogP contribution in [0.3, 0.4) is 0 Å². The first-order valence-electron chi connectivity index (χ1n) is 6.72. The van der Waals surface area contributed by atoms with E-state index in [-0.39, 0.29) is 5.41 Å². The van der Waals surface area contributed by atoms with Gasteiger partial charge < -0.3 is 10.3 Å². The van der Waals surface area contributed by atoms with E-state index in [1.807, 2.05) is 30.3 Å². The normalized spacial score (nSPS) is 12.8. The van der Waals surface area contributed by atoms with Crippen molar-refractivity contribution in [1.82, 2.24) is 10.1 Å². The minimum absolute atomic E-state index is 0.0947. The number of allylic oxidation sites excluding steroid dienone is 1. The lowest BCUT2D eigenvalue weighted by molar-refractivity contribution is 0.409. The van der Waals surface area contributed by atoms with E-state index in [4.69, 9.17) is 10.3 Å². The van der Waals surface area contributed by atoms with Gasteiger partial charge in [0.2, 0.25) is 5.82 Å². The van der Waals surface area contributed by atoms with Crippen LogP contribution in [0.15, 0.2) is 34.4 Å². The van der Waals surface area contributed by atoms with Gasteiger partial charge in [-0.05, 0) is 17.9 Å². The summed E-state index contributed by atoms with van der Waals surface area (Å²) in [5.41, 5.74) is 8.89. The predicted molar refractivity (Wildman–Crippen MR) is 80.7 cm³/mol. The van der Waals surface area contributed by atoms with Crippen molar-refractivity contribution in [3.63, 3.8) is 0 Å². The highest BCUT2D eigenvalue weighted by Crippen LogP contribution is 2.26. The second-order valence-electron chi connectivity index (χ2n) is 5.93. The van der Waals surface area contributed by atoms with Crippen molar-refractivity contribution >= 4 is 6.08 Å². The highest BCUT2D eigenvalue weighted by molar-refractivity contribution is 5.56. The molecule has 0 aliphatic carbocycles. The number of nitrogens with zero attached hydrogens (tertiary/aromatic N) is 2. The molecule has 0 aliphatic rings. The monoisotopic (exact) mass is 271 g/mol. The zero-order valence-electron chi connectivity index (χ0n) is 12.5. The molecule has 2 N–H and O–H groups in total. The first-order valence-corrected chi connectivity index (χ1v) is 6.72. The molecule has 4 nitrogen and oxygen atoms in total. The Labute approximate surface area is 119 Å². The van der Waals surface area contributed by atoms with Gasteiger partial charge in [0.05, 0.1) is 0 Å².